The number of likely N-dealkylation sites (N-methyl/N-ethyl adjacent to an activating group) is 1. The minimum absolute atomic E-state index is 0.232. The van der Waals surface area contributed by atoms with E-state index in [1.807, 2.05) is 0 Å². The summed E-state index contributed by atoms with van der Waals surface area (Å²) in [6, 6.07) is 6.56. The Morgan fingerprint density at radius 1 is 1.12 bits per heavy atom. The van der Waals surface area contributed by atoms with Gasteiger partial charge >= 0.3 is 0 Å². The Balaban J connectivity index is 1.46. The van der Waals surface area contributed by atoms with Crippen LogP contribution in [0, 0.1) is 0 Å². The van der Waals surface area contributed by atoms with Crippen molar-refractivity contribution in [3.05, 3.63) is 29.3 Å². The van der Waals surface area contributed by atoms with Gasteiger partial charge in [0.1, 0.15) is 12.4 Å². The maximum atomic E-state index is 11.3. The number of hydrogen-bond acceptors (Lipinski definition) is 4. The molecule has 144 valence electrons. The number of hydrogen-bond donors (Lipinski definition) is 1. The van der Waals surface area contributed by atoms with Crippen LogP contribution in [0.25, 0.3) is 0 Å². The van der Waals surface area contributed by atoms with Crippen molar-refractivity contribution in [2.45, 2.75) is 63.0 Å². The lowest BCUT2D eigenvalue weighted by Gasteiger charge is -2.44. The molecule has 1 aromatic carbocycles. The summed E-state index contributed by atoms with van der Waals surface area (Å²) in [6.07, 6.45) is 8.12. The molecule has 4 nitrogen and oxygen atoms in total. The Bertz CT molecular complexity index is 606. The molecular weight excluding hydrogens is 324 g/mol. The minimum atomic E-state index is -0.528. The normalized spacial score (nSPS) is 26.6. The average Bonchev–Trinajstić information content (AvgIpc) is 3.15. The molecule has 1 aliphatic carbocycles. The monoisotopic (exact) mass is 358 g/mol. The van der Waals surface area contributed by atoms with Crippen LogP contribution in [-0.4, -0.2) is 60.3 Å². The summed E-state index contributed by atoms with van der Waals surface area (Å²) in [7, 11) is 2.17. The van der Waals surface area contributed by atoms with Gasteiger partial charge in [0.15, 0.2) is 0 Å². The van der Waals surface area contributed by atoms with Gasteiger partial charge in [-0.3, -0.25) is 4.90 Å². The number of likely N-dealkylation sites (tertiary alicyclic amines) is 1. The van der Waals surface area contributed by atoms with E-state index in [0.717, 1.165) is 57.7 Å². The average molecular weight is 359 g/mol. The lowest BCUT2D eigenvalue weighted by atomic mass is 9.70. The Kier molecular flexibility index (Phi) is 5.53. The molecule has 1 saturated carbocycles. The Morgan fingerprint density at radius 2 is 1.88 bits per heavy atom. The quantitative estimate of drug-likeness (QED) is 0.875. The van der Waals surface area contributed by atoms with Crippen molar-refractivity contribution in [2.75, 3.05) is 39.8 Å². The van der Waals surface area contributed by atoms with Crippen molar-refractivity contribution in [2.24, 2.45) is 0 Å². The second-order valence-electron chi connectivity index (χ2n) is 8.67. The van der Waals surface area contributed by atoms with E-state index in [9.17, 15) is 5.11 Å². The van der Waals surface area contributed by atoms with Gasteiger partial charge in [-0.05, 0) is 69.1 Å². The standard InChI is InChI=1S/C22H34N2O2/c1-23-16-18-15-19(26-14-13-24-11-5-6-12-24)7-8-20(18)21(17-23)22(25)9-3-2-4-10-22/h7-8,15,21,25H,2-6,9-14,16-17H2,1H3. The Hall–Kier alpha value is -1.10. The predicted molar refractivity (Wildman–Crippen MR) is 105 cm³/mol. The lowest BCUT2D eigenvalue weighted by Crippen LogP contribution is -2.46. The summed E-state index contributed by atoms with van der Waals surface area (Å²) in [5.41, 5.74) is 2.15. The van der Waals surface area contributed by atoms with Crippen molar-refractivity contribution in [3.63, 3.8) is 0 Å². The molecule has 1 unspecified atom stereocenters. The molecule has 0 aromatic heterocycles. The molecule has 0 bridgehead atoms. The van der Waals surface area contributed by atoms with Crippen molar-refractivity contribution < 1.29 is 9.84 Å². The Morgan fingerprint density at radius 3 is 2.65 bits per heavy atom. The first-order valence-corrected chi connectivity index (χ1v) is 10.5. The van der Waals surface area contributed by atoms with Crippen molar-refractivity contribution in [1.29, 1.82) is 0 Å². The molecule has 1 atom stereocenters. The molecule has 0 spiro atoms. The van der Waals surface area contributed by atoms with Crippen LogP contribution in [-0.2, 0) is 6.54 Å². The highest BCUT2D eigenvalue weighted by atomic mass is 16.5. The van der Waals surface area contributed by atoms with E-state index < -0.39 is 5.60 Å². The Labute approximate surface area is 158 Å². The molecule has 4 heteroatoms. The smallest absolute Gasteiger partial charge is 0.119 e. The van der Waals surface area contributed by atoms with E-state index >= 15 is 0 Å². The molecule has 3 aliphatic rings. The summed E-state index contributed by atoms with van der Waals surface area (Å²) in [5.74, 6) is 1.21. The van der Waals surface area contributed by atoms with E-state index in [0.29, 0.717) is 0 Å². The third kappa shape index (κ3) is 3.92. The molecular formula is C22H34N2O2. The first kappa shape index (κ1) is 18.3. The second kappa shape index (κ2) is 7.87. The molecule has 0 amide bonds. The summed E-state index contributed by atoms with van der Waals surface area (Å²) >= 11 is 0. The largest absolute Gasteiger partial charge is 0.492 e. The molecule has 4 rings (SSSR count). The topological polar surface area (TPSA) is 35.9 Å². The summed E-state index contributed by atoms with van der Waals surface area (Å²) < 4.78 is 6.05. The van der Waals surface area contributed by atoms with Gasteiger partial charge in [0.05, 0.1) is 5.60 Å². The van der Waals surface area contributed by atoms with Crippen LogP contribution in [0.4, 0.5) is 0 Å². The van der Waals surface area contributed by atoms with Crippen LogP contribution in [0.3, 0.4) is 0 Å². The van der Waals surface area contributed by atoms with Crippen LogP contribution in [0.5, 0.6) is 5.75 Å². The predicted octanol–water partition coefficient (Wildman–Crippen LogP) is 3.39. The number of ether oxygens (including phenoxy) is 1. The second-order valence-corrected chi connectivity index (χ2v) is 8.67. The van der Waals surface area contributed by atoms with Crippen LogP contribution in [0.15, 0.2) is 18.2 Å². The number of aliphatic hydroxyl groups is 1. The van der Waals surface area contributed by atoms with Gasteiger partial charge in [0.2, 0.25) is 0 Å². The summed E-state index contributed by atoms with van der Waals surface area (Å²) in [6.45, 7) is 6.14. The third-order valence-corrected chi connectivity index (χ3v) is 6.67. The summed E-state index contributed by atoms with van der Waals surface area (Å²) in [4.78, 5) is 4.84. The van der Waals surface area contributed by atoms with Gasteiger partial charge in [-0.1, -0.05) is 25.3 Å². The minimum Gasteiger partial charge on any atom is -0.492 e. The lowest BCUT2D eigenvalue weighted by molar-refractivity contribution is -0.0333. The molecule has 2 heterocycles. The van der Waals surface area contributed by atoms with Crippen molar-refractivity contribution >= 4 is 0 Å². The van der Waals surface area contributed by atoms with Gasteiger partial charge in [-0.25, -0.2) is 0 Å². The highest BCUT2D eigenvalue weighted by Crippen LogP contribution is 2.44. The highest BCUT2D eigenvalue weighted by Gasteiger charge is 2.41. The van der Waals surface area contributed by atoms with Gasteiger partial charge in [-0.15, -0.1) is 0 Å². The van der Waals surface area contributed by atoms with Gasteiger partial charge in [0.25, 0.3) is 0 Å². The van der Waals surface area contributed by atoms with Crippen LogP contribution < -0.4 is 4.74 Å². The summed E-state index contributed by atoms with van der Waals surface area (Å²) in [5, 5.41) is 11.3. The van der Waals surface area contributed by atoms with E-state index in [1.54, 1.807) is 0 Å². The highest BCUT2D eigenvalue weighted by molar-refractivity contribution is 5.41. The molecule has 1 aromatic rings. The molecule has 2 aliphatic heterocycles. The molecule has 26 heavy (non-hydrogen) atoms. The first-order valence-electron chi connectivity index (χ1n) is 10.5. The first-order chi connectivity index (χ1) is 12.6. The zero-order valence-electron chi connectivity index (χ0n) is 16.3. The van der Waals surface area contributed by atoms with E-state index in [4.69, 9.17) is 4.74 Å². The van der Waals surface area contributed by atoms with E-state index in [2.05, 4.69) is 35.0 Å². The third-order valence-electron chi connectivity index (χ3n) is 6.67. The number of benzene rings is 1. The van der Waals surface area contributed by atoms with Crippen LogP contribution >= 0.6 is 0 Å². The zero-order valence-corrected chi connectivity index (χ0v) is 16.3. The van der Waals surface area contributed by atoms with Crippen LogP contribution in [0.2, 0.25) is 0 Å². The van der Waals surface area contributed by atoms with E-state index in [1.165, 1.54) is 43.5 Å². The molecule has 2 fully saturated rings. The maximum Gasteiger partial charge on any atom is 0.119 e. The van der Waals surface area contributed by atoms with Crippen molar-refractivity contribution in [3.8, 4) is 5.75 Å². The van der Waals surface area contributed by atoms with Crippen LogP contribution in [0.1, 0.15) is 62.0 Å². The fourth-order valence-corrected chi connectivity index (χ4v) is 5.18. The number of nitrogens with zero attached hydrogens (tertiary/aromatic N) is 2. The maximum absolute atomic E-state index is 11.3. The van der Waals surface area contributed by atoms with Gasteiger partial charge < -0.3 is 14.7 Å². The number of rotatable bonds is 5. The van der Waals surface area contributed by atoms with E-state index in [-0.39, 0.29) is 5.92 Å². The fourth-order valence-electron chi connectivity index (χ4n) is 5.18. The van der Waals surface area contributed by atoms with Crippen molar-refractivity contribution in [1.82, 2.24) is 9.80 Å². The van der Waals surface area contributed by atoms with Gasteiger partial charge in [-0.2, -0.15) is 0 Å². The molecule has 1 saturated heterocycles. The zero-order chi connectivity index (χ0) is 18.0. The molecule has 0 radical (unpaired) electrons. The fraction of sp³-hybridized carbons (Fsp3) is 0.727. The van der Waals surface area contributed by atoms with Gasteiger partial charge in [0, 0.05) is 25.6 Å². The SMILES string of the molecule is CN1Cc2cc(OCCN3CCCC3)ccc2C(C2(O)CCCCC2)C1. The molecule has 1 N–H and O–H groups in total. The number of fused-ring (bicyclic) bond motifs is 1.